The lowest BCUT2D eigenvalue weighted by Gasteiger charge is -2.19. The lowest BCUT2D eigenvalue weighted by atomic mass is 9.85. The van der Waals surface area contributed by atoms with Crippen LogP contribution in [0.4, 0.5) is 0 Å². The highest BCUT2D eigenvalue weighted by molar-refractivity contribution is 7.71. The smallest absolute Gasteiger partial charge is 0.284 e. The monoisotopic (exact) mass is 262 g/mol. The SMILES string of the molecule is Cc1ccc(C(Cc2n[nH]c(=S)o2)C(C)C)cc1. The molecule has 18 heavy (non-hydrogen) atoms. The Morgan fingerprint density at radius 3 is 2.44 bits per heavy atom. The van der Waals surface area contributed by atoms with Crippen LogP contribution >= 0.6 is 12.2 Å². The number of benzene rings is 1. The Morgan fingerprint density at radius 1 is 1.28 bits per heavy atom. The van der Waals surface area contributed by atoms with Crippen LogP contribution in [-0.4, -0.2) is 10.2 Å². The van der Waals surface area contributed by atoms with E-state index >= 15 is 0 Å². The van der Waals surface area contributed by atoms with Crippen molar-refractivity contribution in [2.24, 2.45) is 5.92 Å². The first-order valence-corrected chi connectivity index (χ1v) is 6.58. The Morgan fingerprint density at radius 2 is 1.94 bits per heavy atom. The van der Waals surface area contributed by atoms with Gasteiger partial charge < -0.3 is 4.42 Å². The van der Waals surface area contributed by atoms with E-state index in [1.807, 2.05) is 0 Å². The summed E-state index contributed by atoms with van der Waals surface area (Å²) in [7, 11) is 0. The fourth-order valence-corrected chi connectivity index (χ4v) is 2.23. The first-order chi connectivity index (χ1) is 8.56. The van der Waals surface area contributed by atoms with E-state index in [1.54, 1.807) is 0 Å². The molecule has 1 heterocycles. The van der Waals surface area contributed by atoms with E-state index < -0.39 is 0 Å². The maximum absolute atomic E-state index is 5.36. The molecule has 1 atom stereocenters. The van der Waals surface area contributed by atoms with E-state index in [0.717, 1.165) is 6.42 Å². The lowest BCUT2D eigenvalue weighted by Crippen LogP contribution is -2.10. The van der Waals surface area contributed by atoms with E-state index in [4.69, 9.17) is 16.6 Å². The van der Waals surface area contributed by atoms with Crippen LogP contribution in [0.3, 0.4) is 0 Å². The Hall–Kier alpha value is -1.42. The molecule has 0 saturated heterocycles. The van der Waals surface area contributed by atoms with E-state index in [2.05, 4.69) is 55.2 Å². The molecule has 0 aliphatic heterocycles. The third-order valence-electron chi connectivity index (χ3n) is 3.19. The molecular weight excluding hydrogens is 244 g/mol. The predicted octanol–water partition coefficient (Wildman–Crippen LogP) is 4.02. The van der Waals surface area contributed by atoms with Crippen LogP contribution in [0.15, 0.2) is 28.7 Å². The zero-order chi connectivity index (χ0) is 13.1. The van der Waals surface area contributed by atoms with Gasteiger partial charge in [0.1, 0.15) is 0 Å². The highest BCUT2D eigenvalue weighted by Crippen LogP contribution is 2.28. The molecule has 0 fully saturated rings. The molecule has 96 valence electrons. The van der Waals surface area contributed by atoms with E-state index in [9.17, 15) is 0 Å². The van der Waals surface area contributed by atoms with Gasteiger partial charge in [-0.2, -0.15) is 0 Å². The summed E-state index contributed by atoms with van der Waals surface area (Å²) >= 11 is 4.90. The number of aromatic nitrogens is 2. The number of aromatic amines is 1. The Kier molecular flexibility index (Phi) is 3.97. The van der Waals surface area contributed by atoms with Crippen LogP contribution in [-0.2, 0) is 6.42 Å². The molecule has 0 bridgehead atoms. The summed E-state index contributed by atoms with van der Waals surface area (Å²) in [4.78, 5) is 0.344. The van der Waals surface area contributed by atoms with Crippen LogP contribution in [0.2, 0.25) is 0 Å². The zero-order valence-corrected chi connectivity index (χ0v) is 11.8. The quantitative estimate of drug-likeness (QED) is 0.846. The van der Waals surface area contributed by atoms with Gasteiger partial charge in [-0.05, 0) is 36.5 Å². The van der Waals surface area contributed by atoms with E-state index in [1.165, 1.54) is 11.1 Å². The van der Waals surface area contributed by atoms with Crippen molar-refractivity contribution < 1.29 is 4.42 Å². The van der Waals surface area contributed by atoms with Crippen molar-refractivity contribution in [1.29, 1.82) is 0 Å². The summed E-state index contributed by atoms with van der Waals surface area (Å²) in [5.41, 5.74) is 2.60. The van der Waals surface area contributed by atoms with Crippen molar-refractivity contribution in [3.63, 3.8) is 0 Å². The largest absolute Gasteiger partial charge is 0.414 e. The fourth-order valence-electron chi connectivity index (χ4n) is 2.09. The molecule has 0 radical (unpaired) electrons. The molecule has 0 amide bonds. The molecule has 1 N–H and O–H groups in total. The summed E-state index contributed by atoms with van der Waals surface area (Å²) in [6.07, 6.45) is 0.772. The van der Waals surface area contributed by atoms with Crippen molar-refractivity contribution >= 4 is 12.2 Å². The van der Waals surface area contributed by atoms with Gasteiger partial charge in [-0.1, -0.05) is 43.7 Å². The van der Waals surface area contributed by atoms with E-state index in [-0.39, 0.29) is 0 Å². The van der Waals surface area contributed by atoms with Crippen LogP contribution in [0, 0.1) is 17.7 Å². The van der Waals surface area contributed by atoms with Gasteiger partial charge in [0, 0.05) is 6.42 Å². The highest BCUT2D eigenvalue weighted by atomic mass is 32.1. The maximum atomic E-state index is 5.36. The minimum atomic E-state index is 0.344. The minimum absolute atomic E-state index is 0.344. The molecule has 0 aliphatic rings. The maximum Gasteiger partial charge on any atom is 0.284 e. The third kappa shape index (κ3) is 3.07. The zero-order valence-electron chi connectivity index (χ0n) is 10.9. The third-order valence-corrected chi connectivity index (χ3v) is 3.36. The van der Waals surface area contributed by atoms with Crippen molar-refractivity contribution in [3.8, 4) is 0 Å². The average molecular weight is 262 g/mol. The van der Waals surface area contributed by atoms with Crippen LogP contribution in [0.25, 0.3) is 0 Å². The van der Waals surface area contributed by atoms with Gasteiger partial charge in [0.25, 0.3) is 4.84 Å². The lowest BCUT2D eigenvalue weighted by molar-refractivity contribution is 0.416. The van der Waals surface area contributed by atoms with Crippen molar-refractivity contribution in [3.05, 3.63) is 46.1 Å². The second-order valence-corrected chi connectivity index (χ2v) is 5.34. The normalized spacial score (nSPS) is 12.9. The van der Waals surface area contributed by atoms with Crippen LogP contribution in [0.1, 0.15) is 36.8 Å². The summed E-state index contributed by atoms with van der Waals surface area (Å²) < 4.78 is 5.36. The van der Waals surface area contributed by atoms with Crippen molar-refractivity contribution in [1.82, 2.24) is 10.2 Å². The first kappa shape index (κ1) is 13.0. The number of hydrogen-bond donors (Lipinski definition) is 1. The molecule has 4 heteroatoms. The number of H-pyrrole nitrogens is 1. The average Bonchev–Trinajstić information content (AvgIpc) is 2.73. The number of nitrogens with one attached hydrogen (secondary N) is 1. The molecule has 1 unspecified atom stereocenters. The second kappa shape index (κ2) is 5.48. The Bertz CT molecular complexity index is 554. The number of hydrogen-bond acceptors (Lipinski definition) is 3. The number of rotatable bonds is 4. The molecule has 3 nitrogen and oxygen atoms in total. The highest BCUT2D eigenvalue weighted by Gasteiger charge is 2.18. The fraction of sp³-hybridized carbons (Fsp3) is 0.429. The topological polar surface area (TPSA) is 41.8 Å². The summed E-state index contributed by atoms with van der Waals surface area (Å²) in [5, 5.41) is 6.76. The first-order valence-electron chi connectivity index (χ1n) is 6.17. The van der Waals surface area contributed by atoms with Crippen molar-refractivity contribution in [2.45, 2.75) is 33.1 Å². The van der Waals surface area contributed by atoms with Gasteiger partial charge in [0.2, 0.25) is 5.89 Å². The van der Waals surface area contributed by atoms with Crippen LogP contribution in [0.5, 0.6) is 0 Å². The van der Waals surface area contributed by atoms with E-state index in [0.29, 0.717) is 22.6 Å². The molecule has 1 aromatic carbocycles. The standard InChI is InChI=1S/C14H18N2OS/c1-9(2)12(8-13-15-16-14(18)17-13)11-6-4-10(3)5-7-11/h4-7,9,12H,8H2,1-3H3,(H,16,18). The Labute approximate surface area is 112 Å². The molecule has 0 aliphatic carbocycles. The number of nitrogens with zero attached hydrogens (tertiary/aromatic N) is 1. The molecule has 2 aromatic rings. The van der Waals surface area contributed by atoms with Gasteiger partial charge >= 0.3 is 0 Å². The molecule has 0 saturated carbocycles. The molecule has 1 aromatic heterocycles. The van der Waals surface area contributed by atoms with Gasteiger partial charge in [-0.3, -0.25) is 0 Å². The van der Waals surface area contributed by atoms with Gasteiger partial charge in [-0.15, -0.1) is 5.10 Å². The van der Waals surface area contributed by atoms with Gasteiger partial charge in [0.05, 0.1) is 0 Å². The molecule has 2 rings (SSSR count). The summed E-state index contributed by atoms with van der Waals surface area (Å²) in [6.45, 7) is 6.53. The predicted molar refractivity (Wildman–Crippen MR) is 74.1 cm³/mol. The minimum Gasteiger partial charge on any atom is -0.414 e. The summed E-state index contributed by atoms with van der Waals surface area (Å²) in [5.74, 6) is 1.60. The summed E-state index contributed by atoms with van der Waals surface area (Å²) in [6, 6.07) is 8.65. The van der Waals surface area contributed by atoms with Gasteiger partial charge in [-0.25, -0.2) is 5.10 Å². The number of aryl methyl sites for hydroxylation is 1. The Balaban J connectivity index is 2.23. The molecule has 0 spiro atoms. The van der Waals surface area contributed by atoms with Crippen molar-refractivity contribution in [2.75, 3.05) is 0 Å². The second-order valence-electron chi connectivity index (χ2n) is 4.97. The van der Waals surface area contributed by atoms with Gasteiger partial charge in [0.15, 0.2) is 0 Å². The van der Waals surface area contributed by atoms with Crippen LogP contribution < -0.4 is 0 Å². The molecular formula is C14H18N2OS.